The first-order chi connectivity index (χ1) is 12.2. The summed E-state index contributed by atoms with van der Waals surface area (Å²) in [6.45, 7) is 2.24. The van der Waals surface area contributed by atoms with Gasteiger partial charge in [0, 0.05) is 44.0 Å². The molecule has 25 heavy (non-hydrogen) atoms. The Bertz CT molecular complexity index is 701. The molecule has 0 aliphatic carbocycles. The SMILES string of the molecule is Fc1ccc(N2CCC(N[C@H]3CCO[C@@H]3c3ccn[nH]3)CC2)c(F)c1. The average molecular weight is 348 g/mol. The molecular formula is C18H22F2N4O. The molecule has 2 atom stereocenters. The normalized spacial score (nSPS) is 24.8. The molecule has 0 radical (unpaired) electrons. The largest absolute Gasteiger partial charge is 0.370 e. The third-order valence-corrected chi connectivity index (χ3v) is 5.12. The summed E-state index contributed by atoms with van der Waals surface area (Å²) < 4.78 is 32.9. The van der Waals surface area contributed by atoms with E-state index in [2.05, 4.69) is 15.5 Å². The Hall–Kier alpha value is -1.99. The van der Waals surface area contributed by atoms with Gasteiger partial charge in [-0.1, -0.05) is 0 Å². The van der Waals surface area contributed by atoms with Crippen molar-refractivity contribution in [2.75, 3.05) is 24.6 Å². The summed E-state index contributed by atoms with van der Waals surface area (Å²) in [6.07, 6.45) is 4.56. The molecule has 7 heteroatoms. The van der Waals surface area contributed by atoms with Gasteiger partial charge in [0.15, 0.2) is 0 Å². The summed E-state index contributed by atoms with van der Waals surface area (Å²) in [5, 5.41) is 10.7. The topological polar surface area (TPSA) is 53.2 Å². The lowest BCUT2D eigenvalue weighted by molar-refractivity contribution is 0.0920. The third-order valence-electron chi connectivity index (χ3n) is 5.12. The lowest BCUT2D eigenvalue weighted by Crippen LogP contribution is -2.47. The second kappa shape index (κ2) is 7.09. The van der Waals surface area contributed by atoms with Gasteiger partial charge in [0.25, 0.3) is 0 Å². The number of nitrogens with one attached hydrogen (secondary N) is 2. The van der Waals surface area contributed by atoms with E-state index in [0.29, 0.717) is 11.7 Å². The predicted octanol–water partition coefficient (Wildman–Crippen LogP) is 2.78. The fourth-order valence-electron chi connectivity index (χ4n) is 3.82. The zero-order valence-electron chi connectivity index (χ0n) is 13.9. The van der Waals surface area contributed by atoms with Gasteiger partial charge in [0.2, 0.25) is 0 Å². The number of piperidine rings is 1. The van der Waals surface area contributed by atoms with Crippen molar-refractivity contribution in [1.29, 1.82) is 0 Å². The smallest absolute Gasteiger partial charge is 0.149 e. The van der Waals surface area contributed by atoms with Crippen molar-refractivity contribution in [1.82, 2.24) is 15.5 Å². The van der Waals surface area contributed by atoms with Gasteiger partial charge in [0.05, 0.1) is 11.4 Å². The Kier molecular flexibility index (Phi) is 4.67. The van der Waals surface area contributed by atoms with Gasteiger partial charge >= 0.3 is 0 Å². The maximum Gasteiger partial charge on any atom is 0.149 e. The molecule has 1 aromatic heterocycles. The van der Waals surface area contributed by atoms with Crippen molar-refractivity contribution in [2.45, 2.75) is 37.5 Å². The molecule has 0 amide bonds. The first-order valence-corrected chi connectivity index (χ1v) is 8.77. The minimum Gasteiger partial charge on any atom is -0.370 e. The number of anilines is 1. The zero-order valence-corrected chi connectivity index (χ0v) is 13.9. The van der Waals surface area contributed by atoms with Crippen LogP contribution in [0.5, 0.6) is 0 Å². The van der Waals surface area contributed by atoms with E-state index in [1.54, 1.807) is 6.20 Å². The Labute approximate surface area is 145 Å². The summed E-state index contributed by atoms with van der Waals surface area (Å²) in [6, 6.07) is 6.37. The van der Waals surface area contributed by atoms with Gasteiger partial charge in [-0.3, -0.25) is 5.10 Å². The average Bonchev–Trinajstić information content (AvgIpc) is 3.27. The van der Waals surface area contributed by atoms with Crippen LogP contribution in [0, 0.1) is 11.6 Å². The lowest BCUT2D eigenvalue weighted by Gasteiger charge is -2.36. The first kappa shape index (κ1) is 16.5. The number of ether oxygens (including phenoxy) is 1. The molecule has 5 nitrogen and oxygen atoms in total. The number of aromatic nitrogens is 2. The molecule has 2 aliphatic rings. The minimum atomic E-state index is -0.538. The van der Waals surface area contributed by atoms with Crippen molar-refractivity contribution in [3.05, 3.63) is 47.8 Å². The summed E-state index contributed by atoms with van der Waals surface area (Å²) in [5.74, 6) is -1.03. The highest BCUT2D eigenvalue weighted by atomic mass is 19.1. The Balaban J connectivity index is 1.34. The number of hydrogen-bond donors (Lipinski definition) is 2. The standard InChI is InChI=1S/C18H22F2N4O/c19-12-1-2-17(14(20)11-12)24-8-4-13(5-9-24)22-15-6-10-25-18(15)16-3-7-21-23-16/h1-3,7,11,13,15,18,22H,4-6,8-10H2,(H,21,23)/t15-,18-/m0/s1. The number of halogens is 2. The Morgan fingerprint density at radius 3 is 2.72 bits per heavy atom. The minimum absolute atomic E-state index is 0.00933. The second-order valence-electron chi connectivity index (χ2n) is 6.72. The van der Waals surface area contributed by atoms with E-state index in [1.165, 1.54) is 12.1 Å². The van der Waals surface area contributed by atoms with Crippen LogP contribution in [0.4, 0.5) is 14.5 Å². The van der Waals surface area contributed by atoms with Crippen molar-refractivity contribution >= 4 is 5.69 Å². The number of hydrogen-bond acceptors (Lipinski definition) is 4. The third kappa shape index (κ3) is 3.52. The quantitative estimate of drug-likeness (QED) is 0.892. The Morgan fingerprint density at radius 2 is 2.00 bits per heavy atom. The van der Waals surface area contributed by atoms with Crippen LogP contribution in [-0.4, -0.2) is 42.0 Å². The van der Waals surface area contributed by atoms with Crippen molar-refractivity contribution in [3.8, 4) is 0 Å². The van der Waals surface area contributed by atoms with E-state index in [4.69, 9.17) is 4.74 Å². The van der Waals surface area contributed by atoms with E-state index in [0.717, 1.165) is 50.7 Å². The molecular weight excluding hydrogens is 326 g/mol. The molecule has 2 fully saturated rings. The number of rotatable bonds is 4. The van der Waals surface area contributed by atoms with Crippen LogP contribution in [0.1, 0.15) is 31.1 Å². The highest BCUT2D eigenvalue weighted by Crippen LogP contribution is 2.30. The highest BCUT2D eigenvalue weighted by molar-refractivity contribution is 5.48. The van der Waals surface area contributed by atoms with Crippen LogP contribution in [-0.2, 0) is 4.74 Å². The first-order valence-electron chi connectivity index (χ1n) is 8.77. The van der Waals surface area contributed by atoms with Gasteiger partial charge < -0.3 is 15.0 Å². The summed E-state index contributed by atoms with van der Waals surface area (Å²) in [5.41, 5.74) is 1.49. The van der Waals surface area contributed by atoms with Gasteiger partial charge in [-0.25, -0.2) is 8.78 Å². The fraction of sp³-hybridized carbons (Fsp3) is 0.500. The summed E-state index contributed by atoms with van der Waals surface area (Å²) >= 11 is 0. The van der Waals surface area contributed by atoms with Crippen molar-refractivity contribution in [2.24, 2.45) is 0 Å². The number of H-pyrrole nitrogens is 1. The lowest BCUT2D eigenvalue weighted by atomic mass is 10.00. The summed E-state index contributed by atoms with van der Waals surface area (Å²) in [4.78, 5) is 1.99. The molecule has 0 saturated carbocycles. The highest BCUT2D eigenvalue weighted by Gasteiger charge is 2.33. The molecule has 2 saturated heterocycles. The van der Waals surface area contributed by atoms with E-state index in [9.17, 15) is 8.78 Å². The zero-order chi connectivity index (χ0) is 17.2. The number of aromatic amines is 1. The molecule has 1 aromatic carbocycles. The molecule has 0 spiro atoms. The number of nitrogens with zero attached hydrogens (tertiary/aromatic N) is 2. The van der Waals surface area contributed by atoms with Crippen molar-refractivity contribution in [3.63, 3.8) is 0 Å². The molecule has 134 valence electrons. The van der Waals surface area contributed by atoms with Crippen LogP contribution >= 0.6 is 0 Å². The van der Waals surface area contributed by atoms with Gasteiger partial charge in [-0.2, -0.15) is 5.10 Å². The monoisotopic (exact) mass is 348 g/mol. The summed E-state index contributed by atoms with van der Waals surface area (Å²) in [7, 11) is 0. The van der Waals surface area contributed by atoms with E-state index in [1.807, 2.05) is 11.0 Å². The predicted molar refractivity (Wildman–Crippen MR) is 90.4 cm³/mol. The van der Waals surface area contributed by atoms with Crippen LogP contribution in [0.15, 0.2) is 30.5 Å². The maximum atomic E-state index is 13.9. The molecule has 2 N–H and O–H groups in total. The van der Waals surface area contributed by atoms with Crippen LogP contribution in [0.25, 0.3) is 0 Å². The molecule has 0 unspecified atom stereocenters. The van der Waals surface area contributed by atoms with Crippen LogP contribution in [0.2, 0.25) is 0 Å². The Morgan fingerprint density at radius 1 is 1.16 bits per heavy atom. The fourth-order valence-corrected chi connectivity index (χ4v) is 3.82. The van der Waals surface area contributed by atoms with E-state index >= 15 is 0 Å². The van der Waals surface area contributed by atoms with Crippen molar-refractivity contribution < 1.29 is 13.5 Å². The van der Waals surface area contributed by atoms with E-state index in [-0.39, 0.29) is 12.1 Å². The molecule has 2 aromatic rings. The van der Waals surface area contributed by atoms with Crippen LogP contribution in [0.3, 0.4) is 0 Å². The maximum absolute atomic E-state index is 13.9. The van der Waals surface area contributed by atoms with Gasteiger partial charge in [0.1, 0.15) is 17.7 Å². The van der Waals surface area contributed by atoms with E-state index < -0.39 is 11.6 Å². The second-order valence-corrected chi connectivity index (χ2v) is 6.72. The number of benzene rings is 1. The van der Waals surface area contributed by atoms with Gasteiger partial charge in [-0.15, -0.1) is 0 Å². The van der Waals surface area contributed by atoms with Crippen LogP contribution < -0.4 is 10.2 Å². The molecule has 3 heterocycles. The molecule has 0 bridgehead atoms. The molecule has 2 aliphatic heterocycles. The molecule has 4 rings (SSSR count). The van der Waals surface area contributed by atoms with Gasteiger partial charge in [-0.05, 0) is 37.5 Å².